The Hall–Kier alpha value is -3.38. The van der Waals surface area contributed by atoms with Crippen LogP contribution < -0.4 is 15.5 Å². The number of rotatable bonds is 5. The minimum atomic E-state index is -2.79. The second-order valence-corrected chi connectivity index (χ2v) is 8.15. The third-order valence-corrected chi connectivity index (χ3v) is 6.14. The molecule has 0 saturated carbocycles. The van der Waals surface area contributed by atoms with E-state index in [9.17, 15) is 13.6 Å². The molecule has 2 saturated heterocycles. The first-order valence-electron chi connectivity index (χ1n) is 11.3. The van der Waals surface area contributed by atoms with Gasteiger partial charge in [-0.2, -0.15) is 9.97 Å². The van der Waals surface area contributed by atoms with Crippen molar-refractivity contribution in [1.29, 1.82) is 0 Å². The van der Waals surface area contributed by atoms with Crippen LogP contribution in [0.25, 0.3) is 17.0 Å². The number of imidazole rings is 1. The smallest absolute Gasteiger partial charge is 0.296 e. The number of para-hydroxylation sites is 2. The summed E-state index contributed by atoms with van der Waals surface area (Å²) >= 11 is 0. The largest absolute Gasteiger partial charge is 0.378 e. The van der Waals surface area contributed by atoms with Gasteiger partial charge in [-0.1, -0.05) is 12.1 Å². The van der Waals surface area contributed by atoms with Crippen molar-refractivity contribution in [1.82, 2.24) is 24.4 Å². The van der Waals surface area contributed by atoms with E-state index in [0.29, 0.717) is 75.2 Å². The number of hydrogen-bond acceptors (Lipinski definition) is 8. The zero-order valence-corrected chi connectivity index (χ0v) is 18.6. The Labute approximate surface area is 194 Å². The Morgan fingerprint density at radius 3 is 2.26 bits per heavy atom. The van der Waals surface area contributed by atoms with Gasteiger partial charge in [0.1, 0.15) is 11.6 Å². The van der Waals surface area contributed by atoms with Crippen molar-refractivity contribution < 1.29 is 18.3 Å². The molecule has 2 aliphatic heterocycles. The molecule has 4 heterocycles. The molecule has 0 spiro atoms. The summed E-state index contributed by atoms with van der Waals surface area (Å²) in [7, 11) is 0. The molecule has 2 aromatic heterocycles. The lowest BCUT2D eigenvalue weighted by Crippen LogP contribution is -2.50. The van der Waals surface area contributed by atoms with Gasteiger partial charge in [0.2, 0.25) is 11.9 Å². The topological polar surface area (TPSA) is 106 Å². The number of ether oxygens (including phenoxy) is 1. The summed E-state index contributed by atoms with van der Waals surface area (Å²) in [6.07, 6.45) is -2.79. The van der Waals surface area contributed by atoms with Gasteiger partial charge in [-0.25, -0.2) is 13.8 Å². The van der Waals surface area contributed by atoms with Gasteiger partial charge < -0.3 is 25.2 Å². The molecule has 0 aliphatic carbocycles. The highest BCUT2D eigenvalue weighted by molar-refractivity contribution is 5.79. The van der Waals surface area contributed by atoms with Crippen LogP contribution in [-0.4, -0.2) is 89.4 Å². The molecule has 1 aromatic carbocycles. The molecule has 2 aliphatic rings. The number of nitrogens with zero attached hydrogens (tertiary/aromatic N) is 7. The molecule has 0 unspecified atom stereocenters. The Morgan fingerprint density at radius 1 is 0.971 bits per heavy atom. The third kappa shape index (κ3) is 4.26. The number of aromatic nitrogens is 4. The van der Waals surface area contributed by atoms with Gasteiger partial charge in [0.25, 0.3) is 6.43 Å². The first-order chi connectivity index (χ1) is 16.5. The summed E-state index contributed by atoms with van der Waals surface area (Å²) in [6, 6.07) is 8.83. The Morgan fingerprint density at radius 2 is 1.62 bits per heavy atom. The van der Waals surface area contributed by atoms with Crippen molar-refractivity contribution in [3.8, 4) is 5.95 Å². The second kappa shape index (κ2) is 9.47. The number of carbonyl (C=O) groups is 1. The molecule has 10 nitrogen and oxygen atoms in total. The average Bonchev–Trinajstić information content (AvgIpc) is 3.29. The molecule has 2 N–H and O–H groups in total. The highest BCUT2D eigenvalue weighted by Gasteiger charge is 2.26. The number of anilines is 2. The molecule has 5 rings (SSSR count). The van der Waals surface area contributed by atoms with E-state index in [2.05, 4.69) is 14.9 Å². The van der Waals surface area contributed by atoms with Crippen molar-refractivity contribution in [2.24, 2.45) is 5.73 Å². The number of fused-ring (bicyclic) bond motifs is 1. The number of benzene rings is 1. The minimum Gasteiger partial charge on any atom is -0.378 e. The monoisotopic (exact) mass is 472 g/mol. The number of morpholine rings is 1. The van der Waals surface area contributed by atoms with Gasteiger partial charge in [-0.05, 0) is 12.1 Å². The second-order valence-electron chi connectivity index (χ2n) is 8.15. The van der Waals surface area contributed by atoms with Crippen molar-refractivity contribution in [3.05, 3.63) is 36.2 Å². The minimum absolute atomic E-state index is 0.0249. The summed E-state index contributed by atoms with van der Waals surface area (Å²) in [4.78, 5) is 31.3. The lowest BCUT2D eigenvalue weighted by molar-refractivity contribution is -0.129. The average molecular weight is 473 g/mol. The van der Waals surface area contributed by atoms with Crippen LogP contribution >= 0.6 is 0 Å². The molecule has 0 bridgehead atoms. The molecular formula is C22H26F2N8O2. The molecule has 180 valence electrons. The molecule has 12 heteroatoms. The summed E-state index contributed by atoms with van der Waals surface area (Å²) in [5.74, 6) is 0.905. The maximum atomic E-state index is 14.0. The third-order valence-electron chi connectivity index (χ3n) is 6.14. The van der Waals surface area contributed by atoms with Crippen molar-refractivity contribution in [2.45, 2.75) is 6.43 Å². The quantitative estimate of drug-likeness (QED) is 0.591. The van der Waals surface area contributed by atoms with Crippen LogP contribution in [0.4, 0.5) is 20.4 Å². The maximum Gasteiger partial charge on any atom is 0.296 e. The molecule has 0 atom stereocenters. The van der Waals surface area contributed by atoms with Crippen molar-refractivity contribution in [2.75, 3.05) is 68.8 Å². The number of carbonyl (C=O) groups excluding carboxylic acids is 1. The molecule has 3 aromatic rings. The van der Waals surface area contributed by atoms with Crippen LogP contribution in [0.2, 0.25) is 0 Å². The van der Waals surface area contributed by atoms with Gasteiger partial charge in [-0.3, -0.25) is 9.36 Å². The summed E-state index contributed by atoms with van der Waals surface area (Å²) in [5.41, 5.74) is 6.47. The van der Waals surface area contributed by atoms with Crippen molar-refractivity contribution >= 4 is 28.6 Å². The standard InChI is InChI=1S/C22H26F2N8O2/c23-20(24)21-26-15-3-1-2-4-16(15)32(21)22-27-17(13-18(28-22)30-9-11-34-12-10-30)29-5-7-31(8-6-29)19(33)14-25/h1-4,13,20H,5-12,14,25H2. The number of alkyl halides is 2. The van der Waals surface area contributed by atoms with Crippen LogP contribution in [0.3, 0.4) is 0 Å². The molecular weight excluding hydrogens is 446 g/mol. The summed E-state index contributed by atoms with van der Waals surface area (Å²) in [6.45, 7) is 4.51. The lowest BCUT2D eigenvalue weighted by atomic mass is 10.3. The van der Waals surface area contributed by atoms with Crippen LogP contribution in [0.15, 0.2) is 30.3 Å². The van der Waals surface area contributed by atoms with E-state index in [0.717, 1.165) is 0 Å². The zero-order chi connectivity index (χ0) is 23.7. The predicted molar refractivity (Wildman–Crippen MR) is 122 cm³/mol. The Kier molecular flexibility index (Phi) is 6.24. The van der Waals surface area contributed by atoms with Crippen LogP contribution in [-0.2, 0) is 9.53 Å². The fourth-order valence-corrected chi connectivity index (χ4v) is 4.34. The zero-order valence-electron chi connectivity index (χ0n) is 18.6. The van der Waals surface area contributed by atoms with Gasteiger partial charge >= 0.3 is 0 Å². The van der Waals surface area contributed by atoms with Crippen LogP contribution in [0.5, 0.6) is 0 Å². The van der Waals surface area contributed by atoms with E-state index in [1.807, 2.05) is 11.0 Å². The maximum absolute atomic E-state index is 14.0. The summed E-state index contributed by atoms with van der Waals surface area (Å²) < 4.78 is 34.8. The fraction of sp³-hybridized carbons (Fsp3) is 0.455. The fourth-order valence-electron chi connectivity index (χ4n) is 4.34. The van der Waals surface area contributed by atoms with E-state index in [1.165, 1.54) is 4.57 Å². The molecule has 34 heavy (non-hydrogen) atoms. The number of piperazine rings is 1. The Bertz CT molecular complexity index is 1170. The van der Waals surface area contributed by atoms with Crippen LogP contribution in [0, 0.1) is 0 Å². The number of nitrogens with two attached hydrogens (primary N) is 1. The van der Waals surface area contributed by atoms with Crippen LogP contribution in [0.1, 0.15) is 12.2 Å². The normalized spacial score (nSPS) is 17.1. The summed E-state index contributed by atoms with van der Waals surface area (Å²) in [5, 5.41) is 0. The SMILES string of the molecule is NCC(=O)N1CCN(c2cc(N3CCOCC3)nc(-n3c(C(F)F)nc4ccccc43)n2)CC1. The number of hydrogen-bond donors (Lipinski definition) is 1. The van der Waals surface area contributed by atoms with E-state index < -0.39 is 12.2 Å². The van der Waals surface area contributed by atoms with E-state index in [1.54, 1.807) is 29.2 Å². The van der Waals surface area contributed by atoms with Gasteiger partial charge in [-0.15, -0.1) is 0 Å². The molecule has 2 fully saturated rings. The Balaban J connectivity index is 1.58. The van der Waals surface area contributed by atoms with Gasteiger partial charge in [0.15, 0.2) is 5.82 Å². The van der Waals surface area contributed by atoms with E-state index in [4.69, 9.17) is 15.5 Å². The first-order valence-corrected chi connectivity index (χ1v) is 11.3. The van der Waals surface area contributed by atoms with Crippen molar-refractivity contribution in [3.63, 3.8) is 0 Å². The number of amides is 1. The van der Waals surface area contributed by atoms with Gasteiger partial charge in [0.05, 0.1) is 30.8 Å². The predicted octanol–water partition coefficient (Wildman–Crippen LogP) is 1.20. The lowest BCUT2D eigenvalue weighted by Gasteiger charge is -2.36. The van der Waals surface area contributed by atoms with Gasteiger partial charge in [0, 0.05) is 45.3 Å². The molecule has 1 amide bonds. The van der Waals surface area contributed by atoms with E-state index >= 15 is 0 Å². The van der Waals surface area contributed by atoms with E-state index in [-0.39, 0.29) is 18.4 Å². The molecule has 0 radical (unpaired) electrons. The highest BCUT2D eigenvalue weighted by Crippen LogP contribution is 2.29. The number of halogens is 2. The first kappa shape index (κ1) is 22.4. The highest BCUT2D eigenvalue weighted by atomic mass is 19.3.